The second-order valence-corrected chi connectivity index (χ2v) is 11.3. The van der Waals surface area contributed by atoms with Crippen LogP contribution in [0, 0.1) is 5.82 Å². The van der Waals surface area contributed by atoms with Crippen molar-refractivity contribution in [3.63, 3.8) is 0 Å². The van der Waals surface area contributed by atoms with Crippen molar-refractivity contribution >= 4 is 44.9 Å². The molecule has 0 radical (unpaired) electrons. The molecule has 2 aliphatic heterocycles. The molecule has 4 heterocycles. The lowest BCUT2D eigenvalue weighted by Crippen LogP contribution is -2.55. The smallest absolute Gasteiger partial charge is 0.263 e. The molecule has 0 bridgehead atoms. The van der Waals surface area contributed by atoms with Gasteiger partial charge in [-0.05, 0) is 49.4 Å². The fourth-order valence-electron chi connectivity index (χ4n) is 5.45. The van der Waals surface area contributed by atoms with Gasteiger partial charge in [0.15, 0.2) is 5.13 Å². The van der Waals surface area contributed by atoms with E-state index in [4.69, 9.17) is 0 Å². The fraction of sp³-hybridized carbons (Fsp3) is 0.357. The molecule has 2 atom stereocenters. The van der Waals surface area contributed by atoms with Gasteiger partial charge in [0.2, 0.25) is 11.6 Å². The van der Waals surface area contributed by atoms with Crippen molar-refractivity contribution in [2.24, 2.45) is 0 Å². The highest BCUT2D eigenvalue weighted by Gasteiger charge is 2.46. The van der Waals surface area contributed by atoms with Crippen LogP contribution < -0.4 is 10.2 Å². The number of benzene rings is 2. The summed E-state index contributed by atoms with van der Waals surface area (Å²) in [4.78, 5) is 36.2. The van der Waals surface area contributed by atoms with Gasteiger partial charge in [-0.15, -0.1) is 11.3 Å². The van der Waals surface area contributed by atoms with Crippen LogP contribution in [-0.4, -0.2) is 87.8 Å². The summed E-state index contributed by atoms with van der Waals surface area (Å²) >= 11 is 1.58. The number of H-pyrrole nitrogens is 1. The Morgan fingerprint density at radius 2 is 2.00 bits per heavy atom. The molecule has 208 valence electrons. The largest absolute Gasteiger partial charge is 0.342 e. The van der Waals surface area contributed by atoms with Crippen molar-refractivity contribution in [2.45, 2.75) is 25.1 Å². The number of nitrogens with zero attached hydrogens (tertiary/aromatic N) is 5. The van der Waals surface area contributed by atoms with Gasteiger partial charge in [0.25, 0.3) is 5.91 Å². The van der Waals surface area contributed by atoms with E-state index in [0.29, 0.717) is 43.1 Å². The number of hydrogen-bond donors (Lipinski definition) is 2. The number of carbonyl (C=O) groups excluding carboxylic acids is 2. The molecule has 2 fully saturated rings. The Bertz CT molecular complexity index is 1530. The second kappa shape index (κ2) is 10.6. The zero-order valence-corrected chi connectivity index (χ0v) is 22.8. The van der Waals surface area contributed by atoms with Crippen LogP contribution in [0.25, 0.3) is 22.2 Å². The van der Waals surface area contributed by atoms with E-state index in [1.807, 2.05) is 10.3 Å². The van der Waals surface area contributed by atoms with E-state index in [1.165, 1.54) is 12.1 Å². The number of carbonyl (C=O) groups is 2. The number of aromatic amines is 1. The van der Waals surface area contributed by atoms with Gasteiger partial charge in [0, 0.05) is 73.4 Å². The minimum atomic E-state index is -2.11. The van der Waals surface area contributed by atoms with Crippen molar-refractivity contribution in [3.05, 3.63) is 59.9 Å². The molecule has 1 unspecified atom stereocenters. The second-order valence-electron chi connectivity index (χ2n) is 10.4. The van der Waals surface area contributed by atoms with E-state index in [0.717, 1.165) is 16.0 Å². The number of nitrogens with one attached hydrogen (secondary N) is 2. The summed E-state index contributed by atoms with van der Waals surface area (Å²) in [5.41, 5.74) is 0.379. The number of rotatable bonds is 6. The first kappa shape index (κ1) is 26.3. The van der Waals surface area contributed by atoms with Gasteiger partial charge in [-0.25, -0.2) is 13.8 Å². The van der Waals surface area contributed by atoms with Crippen LogP contribution in [0.4, 0.5) is 19.6 Å². The molecule has 9 nitrogen and oxygen atoms in total. The van der Waals surface area contributed by atoms with Gasteiger partial charge in [0.1, 0.15) is 5.82 Å². The zero-order valence-electron chi connectivity index (χ0n) is 21.9. The zero-order chi connectivity index (χ0) is 27.9. The number of halogens is 2. The Morgan fingerprint density at radius 1 is 1.18 bits per heavy atom. The van der Waals surface area contributed by atoms with Crippen molar-refractivity contribution in [1.29, 1.82) is 0 Å². The monoisotopic (exact) mass is 565 g/mol. The van der Waals surface area contributed by atoms with Crippen LogP contribution in [0.1, 0.15) is 13.3 Å². The minimum absolute atomic E-state index is 0.00905. The lowest BCUT2D eigenvalue weighted by molar-refractivity contribution is -0.133. The first-order valence-corrected chi connectivity index (χ1v) is 14.1. The summed E-state index contributed by atoms with van der Waals surface area (Å²) in [6.45, 7) is 4.16. The molecule has 0 spiro atoms. The van der Waals surface area contributed by atoms with Crippen molar-refractivity contribution in [1.82, 2.24) is 25.0 Å². The standard InChI is InChI=1S/C28H29F2N7O2S/c1-18-15-36(11-12-37(18)27-31-9-13-40-27)24(38)16-35-10-8-28(30,17-35)26(39)32-21-6-7-23-22(14-21)25(34-33-23)19-2-4-20(29)5-3-19/h2-7,9,13-14,18H,8,10-12,15-17H2,1H3,(H,32,39)(H,33,34)/t18-,28?/m1/s1. The number of aromatic nitrogens is 3. The highest BCUT2D eigenvalue weighted by molar-refractivity contribution is 7.13. The lowest BCUT2D eigenvalue weighted by atomic mass is 10.0. The Hall–Kier alpha value is -3.90. The Kier molecular flexibility index (Phi) is 6.97. The van der Waals surface area contributed by atoms with Gasteiger partial charge in [-0.3, -0.25) is 19.6 Å². The van der Waals surface area contributed by atoms with Gasteiger partial charge >= 0.3 is 0 Å². The van der Waals surface area contributed by atoms with Gasteiger partial charge in [-0.1, -0.05) is 0 Å². The summed E-state index contributed by atoms with van der Waals surface area (Å²) in [7, 11) is 0. The third-order valence-corrected chi connectivity index (χ3v) is 8.46. The molecule has 2 amide bonds. The normalized spacial score (nSPS) is 21.7. The van der Waals surface area contributed by atoms with Crippen molar-refractivity contribution in [2.75, 3.05) is 49.5 Å². The maximum Gasteiger partial charge on any atom is 0.263 e. The van der Waals surface area contributed by atoms with Gasteiger partial charge in [-0.2, -0.15) is 5.10 Å². The summed E-state index contributed by atoms with van der Waals surface area (Å²) < 4.78 is 29.2. The van der Waals surface area contributed by atoms with E-state index in [-0.39, 0.29) is 37.3 Å². The first-order valence-electron chi connectivity index (χ1n) is 13.2. The molecule has 12 heteroatoms. The summed E-state index contributed by atoms with van der Waals surface area (Å²) in [5, 5.41) is 13.6. The van der Waals surface area contributed by atoms with Crippen molar-refractivity contribution in [3.8, 4) is 11.3 Å². The quantitative estimate of drug-likeness (QED) is 0.368. The highest BCUT2D eigenvalue weighted by Crippen LogP contribution is 2.31. The number of fused-ring (bicyclic) bond motifs is 1. The number of thiazole rings is 1. The summed E-state index contributed by atoms with van der Waals surface area (Å²) in [6, 6.07) is 11.3. The Morgan fingerprint density at radius 3 is 2.75 bits per heavy atom. The fourth-order valence-corrected chi connectivity index (χ4v) is 6.22. The number of likely N-dealkylation sites (tertiary alicyclic amines) is 1. The number of piperazine rings is 1. The molecular weight excluding hydrogens is 536 g/mol. The molecule has 2 aromatic heterocycles. The number of hydrogen-bond acceptors (Lipinski definition) is 7. The van der Waals surface area contributed by atoms with Crippen molar-refractivity contribution < 1.29 is 18.4 Å². The van der Waals surface area contributed by atoms with Gasteiger partial charge < -0.3 is 15.1 Å². The molecule has 2 N–H and O–H groups in total. The summed E-state index contributed by atoms with van der Waals surface area (Å²) in [6.07, 6.45) is 1.78. The molecule has 0 aliphatic carbocycles. The maximum atomic E-state index is 15.8. The lowest BCUT2D eigenvalue weighted by Gasteiger charge is -2.40. The third-order valence-electron chi connectivity index (χ3n) is 7.65. The van der Waals surface area contributed by atoms with E-state index < -0.39 is 11.6 Å². The predicted octanol–water partition coefficient (Wildman–Crippen LogP) is 3.92. The molecule has 0 saturated carbocycles. The van der Waals surface area contributed by atoms with Crippen LogP contribution in [0.3, 0.4) is 0 Å². The average Bonchev–Trinajstić information content (AvgIpc) is 3.70. The van der Waals surface area contributed by atoms with Crippen LogP contribution in [0.15, 0.2) is 54.0 Å². The minimum Gasteiger partial charge on any atom is -0.342 e. The van der Waals surface area contributed by atoms with Crippen LogP contribution in [-0.2, 0) is 9.59 Å². The Labute approximate surface area is 233 Å². The van der Waals surface area contributed by atoms with Gasteiger partial charge in [0.05, 0.1) is 17.8 Å². The number of alkyl halides is 1. The number of amides is 2. The number of anilines is 2. The Balaban J connectivity index is 1.07. The molecule has 2 saturated heterocycles. The SMILES string of the molecule is C[C@@H]1CN(C(=O)CN2CCC(F)(C(=O)Nc3ccc4[nH]nc(-c5ccc(F)cc5)c4c3)C2)CCN1c1nccs1. The molecule has 2 aromatic carbocycles. The average molecular weight is 566 g/mol. The van der Waals surface area contributed by atoms with Crippen LogP contribution in [0.2, 0.25) is 0 Å². The molecule has 4 aromatic rings. The highest BCUT2D eigenvalue weighted by atomic mass is 32.1. The molecule has 2 aliphatic rings. The molecular formula is C28H29F2N7O2S. The van der Waals surface area contributed by atoms with E-state index in [2.05, 4.69) is 32.3 Å². The first-order chi connectivity index (χ1) is 19.3. The molecule has 6 rings (SSSR count). The van der Waals surface area contributed by atoms with Crippen LogP contribution >= 0.6 is 11.3 Å². The molecule has 40 heavy (non-hydrogen) atoms. The maximum absolute atomic E-state index is 15.8. The summed E-state index contributed by atoms with van der Waals surface area (Å²) in [5.74, 6) is -1.14. The van der Waals surface area contributed by atoms with E-state index in [1.54, 1.807) is 52.8 Å². The third kappa shape index (κ3) is 5.16. The van der Waals surface area contributed by atoms with E-state index >= 15 is 4.39 Å². The van der Waals surface area contributed by atoms with E-state index in [9.17, 15) is 14.0 Å². The van der Waals surface area contributed by atoms with Crippen LogP contribution in [0.5, 0.6) is 0 Å². The topological polar surface area (TPSA) is 97.5 Å². The predicted molar refractivity (Wildman–Crippen MR) is 151 cm³/mol.